The van der Waals surface area contributed by atoms with Crippen LogP contribution in [0.25, 0.3) is 0 Å². The van der Waals surface area contributed by atoms with Gasteiger partial charge in [-0.15, -0.1) is 0 Å². The first kappa shape index (κ1) is 26.7. The fourth-order valence-corrected chi connectivity index (χ4v) is 0. The number of rotatable bonds is 0. The summed E-state index contributed by atoms with van der Waals surface area (Å²) in [4.78, 5) is 8.56. The molecule has 0 fully saturated rings. The predicted octanol–water partition coefficient (Wildman–Crippen LogP) is -1.79. The standard InChI is InChI=1S/CH2O3.Al.Co.H2O.3H/c2-1(3)4;;;;;;/h(H2,2,3,4);;;1H2;;;. The van der Waals surface area contributed by atoms with Crippen molar-refractivity contribution in [2.45, 2.75) is 0 Å². The Labute approximate surface area is 61.2 Å². The minimum Gasteiger partial charge on any atom is -0.450 e. The molecule has 0 aromatic heterocycles. The summed E-state index contributed by atoms with van der Waals surface area (Å²) in [6.45, 7) is 0. The first-order valence-electron chi connectivity index (χ1n) is 0.651. The summed E-state index contributed by atoms with van der Waals surface area (Å²) in [7, 11) is 0. The maximum absolute atomic E-state index is 8.56. The quantitative estimate of drug-likeness (QED) is 0.419. The molecule has 0 aromatic carbocycles. The second-order valence-corrected chi connectivity index (χ2v) is 0.283. The average molecular weight is 169 g/mol. The van der Waals surface area contributed by atoms with E-state index in [2.05, 4.69) is 0 Å². The van der Waals surface area contributed by atoms with Gasteiger partial charge in [-0.3, -0.25) is 0 Å². The number of carbonyl (C=O) groups is 1. The summed E-state index contributed by atoms with van der Waals surface area (Å²) in [5, 5.41) is 13.9. The molecule has 0 spiro atoms. The fourth-order valence-electron chi connectivity index (χ4n) is 0. The monoisotopic (exact) mass is 169 g/mol. The van der Waals surface area contributed by atoms with E-state index in [1.807, 2.05) is 0 Å². The zero-order valence-electron chi connectivity index (χ0n) is 2.64. The molecule has 0 unspecified atom stereocenters. The molecule has 7 heavy (non-hydrogen) atoms. The molecule has 4 N–H and O–H groups in total. The molecule has 4 nitrogen and oxygen atoms in total. The molecule has 0 bridgehead atoms. The SMILES string of the molecule is O.O=C(O)O.[AlH3].[Co]. The van der Waals surface area contributed by atoms with Gasteiger partial charge in [0.25, 0.3) is 0 Å². The van der Waals surface area contributed by atoms with Gasteiger partial charge < -0.3 is 15.7 Å². The normalized spacial score (nSPS) is 3.43. The first-order chi connectivity index (χ1) is 1.73. The van der Waals surface area contributed by atoms with E-state index in [-0.39, 0.29) is 39.6 Å². The Hall–Kier alpha value is 0.269. The van der Waals surface area contributed by atoms with Crippen molar-refractivity contribution < 1.29 is 37.3 Å². The molecule has 0 aromatic rings. The second kappa shape index (κ2) is 16.3. The van der Waals surface area contributed by atoms with Crippen LogP contribution in [-0.4, -0.2) is 39.2 Å². The van der Waals surface area contributed by atoms with E-state index in [9.17, 15) is 0 Å². The molecule has 47 valence electrons. The van der Waals surface area contributed by atoms with Gasteiger partial charge in [-0.25, -0.2) is 4.79 Å². The summed E-state index contributed by atoms with van der Waals surface area (Å²) in [6, 6.07) is 0. The molecule has 0 heterocycles. The summed E-state index contributed by atoms with van der Waals surface area (Å²) >= 11 is 0. The minimum atomic E-state index is -1.83. The predicted molar refractivity (Wildman–Crippen MR) is 24.2 cm³/mol. The van der Waals surface area contributed by atoms with Gasteiger partial charge in [-0.2, -0.15) is 0 Å². The molecule has 0 saturated carbocycles. The molecule has 0 aliphatic carbocycles. The summed E-state index contributed by atoms with van der Waals surface area (Å²) in [6.07, 6.45) is -1.83. The van der Waals surface area contributed by atoms with Crippen molar-refractivity contribution in [2.75, 3.05) is 0 Å². The zero-order chi connectivity index (χ0) is 3.58. The molecule has 0 aliphatic rings. The summed E-state index contributed by atoms with van der Waals surface area (Å²) < 4.78 is 0. The Morgan fingerprint density at radius 3 is 1.29 bits per heavy atom. The van der Waals surface area contributed by atoms with E-state index in [4.69, 9.17) is 15.0 Å². The van der Waals surface area contributed by atoms with Crippen molar-refractivity contribution in [3.8, 4) is 0 Å². The van der Waals surface area contributed by atoms with Crippen LogP contribution >= 0.6 is 0 Å². The molecule has 0 saturated heterocycles. The van der Waals surface area contributed by atoms with Crippen LogP contribution in [0.4, 0.5) is 4.79 Å². The largest absolute Gasteiger partial charge is 0.503 e. The molecular weight excluding hydrogens is 162 g/mol. The first-order valence-corrected chi connectivity index (χ1v) is 0.651. The van der Waals surface area contributed by atoms with Gasteiger partial charge >= 0.3 is 6.16 Å². The maximum Gasteiger partial charge on any atom is 0.503 e. The maximum atomic E-state index is 8.56. The Bertz CT molecular complexity index is 34.7. The number of hydrogen-bond acceptors (Lipinski definition) is 1. The molecule has 0 atom stereocenters. The van der Waals surface area contributed by atoms with Gasteiger partial charge in [0.1, 0.15) is 0 Å². The third-order valence-electron chi connectivity index (χ3n) is 0. The smallest absolute Gasteiger partial charge is 0.450 e. The molecular formula is CH7AlCoO4. The average Bonchev–Trinajstić information content (AvgIpc) is 0.811. The van der Waals surface area contributed by atoms with Gasteiger partial charge in [0, 0.05) is 16.8 Å². The van der Waals surface area contributed by atoms with Crippen molar-refractivity contribution in [3.05, 3.63) is 0 Å². The van der Waals surface area contributed by atoms with Gasteiger partial charge in [-0.05, 0) is 0 Å². The Kier molecular flexibility index (Phi) is 62.2. The van der Waals surface area contributed by atoms with Crippen molar-refractivity contribution in [1.29, 1.82) is 0 Å². The van der Waals surface area contributed by atoms with Crippen LogP contribution in [0.2, 0.25) is 0 Å². The van der Waals surface area contributed by atoms with Gasteiger partial charge in [0.2, 0.25) is 0 Å². The van der Waals surface area contributed by atoms with E-state index in [0.717, 1.165) is 0 Å². The van der Waals surface area contributed by atoms with Crippen LogP contribution in [0.15, 0.2) is 0 Å². The van der Waals surface area contributed by atoms with E-state index >= 15 is 0 Å². The minimum absolute atomic E-state index is 0. The van der Waals surface area contributed by atoms with Gasteiger partial charge in [0.15, 0.2) is 17.4 Å². The topological polar surface area (TPSA) is 89.0 Å². The van der Waals surface area contributed by atoms with E-state index < -0.39 is 6.16 Å². The zero-order valence-corrected chi connectivity index (χ0v) is 3.68. The molecule has 0 amide bonds. The molecule has 0 rings (SSSR count). The third kappa shape index (κ3) is 1580. The van der Waals surface area contributed by atoms with Crippen LogP contribution in [0.1, 0.15) is 0 Å². The van der Waals surface area contributed by atoms with Gasteiger partial charge in [-0.1, -0.05) is 0 Å². The van der Waals surface area contributed by atoms with Crippen LogP contribution in [-0.2, 0) is 16.8 Å². The Morgan fingerprint density at radius 1 is 1.29 bits per heavy atom. The molecule has 1 radical (unpaired) electrons. The summed E-state index contributed by atoms with van der Waals surface area (Å²) in [5.74, 6) is 0. The van der Waals surface area contributed by atoms with Crippen LogP contribution in [0, 0.1) is 0 Å². The van der Waals surface area contributed by atoms with Crippen LogP contribution in [0.3, 0.4) is 0 Å². The van der Waals surface area contributed by atoms with E-state index in [0.29, 0.717) is 0 Å². The number of carboxylic acid groups (broad SMARTS) is 2. The fraction of sp³-hybridized carbons (Fsp3) is 0. The Morgan fingerprint density at radius 2 is 1.29 bits per heavy atom. The third-order valence-corrected chi connectivity index (χ3v) is 0. The second-order valence-electron chi connectivity index (χ2n) is 0.283. The van der Waals surface area contributed by atoms with Crippen molar-refractivity contribution in [3.63, 3.8) is 0 Å². The number of hydrogen-bond donors (Lipinski definition) is 2. The van der Waals surface area contributed by atoms with Crippen LogP contribution < -0.4 is 0 Å². The van der Waals surface area contributed by atoms with Crippen molar-refractivity contribution in [1.82, 2.24) is 0 Å². The van der Waals surface area contributed by atoms with E-state index in [1.165, 1.54) is 0 Å². The Balaban J connectivity index is -0.0000000150. The van der Waals surface area contributed by atoms with Crippen LogP contribution in [0.5, 0.6) is 0 Å². The van der Waals surface area contributed by atoms with E-state index in [1.54, 1.807) is 0 Å². The molecule has 6 heteroatoms. The van der Waals surface area contributed by atoms with Crippen molar-refractivity contribution >= 4 is 23.5 Å². The van der Waals surface area contributed by atoms with Crippen molar-refractivity contribution in [2.24, 2.45) is 0 Å². The summed E-state index contributed by atoms with van der Waals surface area (Å²) in [5.41, 5.74) is 0. The van der Waals surface area contributed by atoms with Gasteiger partial charge in [0.05, 0.1) is 0 Å². The molecule has 0 aliphatic heterocycles.